The highest BCUT2D eigenvalue weighted by Crippen LogP contribution is 2.30. The Morgan fingerprint density at radius 3 is 2.71 bits per heavy atom. The molecule has 114 valence electrons. The number of carboxylic acids is 1. The van der Waals surface area contributed by atoms with Gasteiger partial charge in [-0.25, -0.2) is 14.0 Å². The van der Waals surface area contributed by atoms with Crippen LogP contribution in [-0.2, 0) is 0 Å². The molecule has 2 N–H and O–H groups in total. The molecule has 0 spiro atoms. The summed E-state index contributed by atoms with van der Waals surface area (Å²) in [5.41, 5.74) is -0.128. The molecule has 1 aromatic carbocycles. The van der Waals surface area contributed by atoms with Gasteiger partial charge in [0.1, 0.15) is 5.82 Å². The van der Waals surface area contributed by atoms with Crippen LogP contribution in [0.3, 0.4) is 0 Å². The van der Waals surface area contributed by atoms with Gasteiger partial charge >= 0.3 is 12.0 Å². The third-order valence-corrected chi connectivity index (χ3v) is 3.41. The molecular weight excluding hydrogens is 275 g/mol. The van der Waals surface area contributed by atoms with E-state index in [-0.39, 0.29) is 17.3 Å². The number of rotatable bonds is 6. The first-order valence-electron chi connectivity index (χ1n) is 7.10. The summed E-state index contributed by atoms with van der Waals surface area (Å²) < 4.78 is 13.1. The maximum atomic E-state index is 13.1. The van der Waals surface area contributed by atoms with Crippen molar-refractivity contribution in [2.45, 2.75) is 26.2 Å². The fraction of sp³-hybridized carbons (Fsp3) is 0.467. The summed E-state index contributed by atoms with van der Waals surface area (Å²) in [6.45, 7) is 3.28. The highest BCUT2D eigenvalue weighted by Gasteiger charge is 2.27. The summed E-state index contributed by atoms with van der Waals surface area (Å²) >= 11 is 0. The Hall–Kier alpha value is -2.11. The van der Waals surface area contributed by atoms with Crippen molar-refractivity contribution in [1.29, 1.82) is 0 Å². The molecule has 0 atom stereocenters. The minimum absolute atomic E-state index is 0.116. The lowest BCUT2D eigenvalue weighted by molar-refractivity contribution is 0.0697. The van der Waals surface area contributed by atoms with Gasteiger partial charge in [0.05, 0.1) is 11.3 Å². The Bertz CT molecular complexity index is 544. The minimum Gasteiger partial charge on any atom is -0.478 e. The van der Waals surface area contributed by atoms with Crippen molar-refractivity contribution >= 4 is 17.7 Å². The van der Waals surface area contributed by atoms with Crippen LogP contribution in [0.15, 0.2) is 18.2 Å². The molecule has 0 bridgehead atoms. The summed E-state index contributed by atoms with van der Waals surface area (Å²) in [5, 5.41) is 11.6. The number of benzene rings is 1. The van der Waals surface area contributed by atoms with Gasteiger partial charge in [0.2, 0.25) is 0 Å². The van der Waals surface area contributed by atoms with E-state index in [4.69, 9.17) is 5.11 Å². The van der Waals surface area contributed by atoms with Crippen molar-refractivity contribution in [2.75, 3.05) is 18.4 Å². The molecule has 0 aromatic heterocycles. The fourth-order valence-corrected chi connectivity index (χ4v) is 2.15. The molecule has 1 aromatic rings. The molecule has 2 amide bonds. The number of nitrogens with zero attached hydrogens (tertiary/aromatic N) is 1. The SMILES string of the molecule is CCCN(CC1CC1)C(=O)Nc1ccc(F)cc1C(=O)O. The van der Waals surface area contributed by atoms with Gasteiger partial charge in [-0.3, -0.25) is 0 Å². The van der Waals surface area contributed by atoms with Crippen LogP contribution in [-0.4, -0.2) is 35.1 Å². The van der Waals surface area contributed by atoms with Crippen LogP contribution in [0.5, 0.6) is 0 Å². The van der Waals surface area contributed by atoms with E-state index < -0.39 is 11.8 Å². The zero-order chi connectivity index (χ0) is 15.4. The summed E-state index contributed by atoms with van der Waals surface area (Å²) in [6, 6.07) is 2.98. The Morgan fingerprint density at radius 1 is 1.43 bits per heavy atom. The van der Waals surface area contributed by atoms with Crippen molar-refractivity contribution in [3.05, 3.63) is 29.6 Å². The highest BCUT2D eigenvalue weighted by molar-refractivity contribution is 6.00. The van der Waals surface area contributed by atoms with E-state index in [9.17, 15) is 14.0 Å². The van der Waals surface area contributed by atoms with Gasteiger partial charge in [-0.05, 0) is 43.4 Å². The van der Waals surface area contributed by atoms with E-state index in [1.54, 1.807) is 4.90 Å². The predicted molar refractivity (Wildman–Crippen MR) is 77.0 cm³/mol. The quantitative estimate of drug-likeness (QED) is 0.846. The molecule has 0 saturated heterocycles. The first-order valence-corrected chi connectivity index (χ1v) is 7.10. The van der Waals surface area contributed by atoms with Gasteiger partial charge in [0.25, 0.3) is 0 Å². The number of halogens is 1. The topological polar surface area (TPSA) is 69.6 Å². The molecule has 0 heterocycles. The van der Waals surface area contributed by atoms with Gasteiger partial charge in [-0.15, -0.1) is 0 Å². The number of hydrogen-bond donors (Lipinski definition) is 2. The monoisotopic (exact) mass is 294 g/mol. The average molecular weight is 294 g/mol. The van der Waals surface area contributed by atoms with Gasteiger partial charge in [0.15, 0.2) is 0 Å². The molecule has 21 heavy (non-hydrogen) atoms. The lowest BCUT2D eigenvalue weighted by Gasteiger charge is -2.23. The van der Waals surface area contributed by atoms with Crippen molar-refractivity contribution in [3.63, 3.8) is 0 Å². The predicted octanol–water partition coefficient (Wildman–Crippen LogP) is 3.18. The van der Waals surface area contributed by atoms with Crippen LogP contribution >= 0.6 is 0 Å². The number of carboxylic acid groups (broad SMARTS) is 1. The van der Waals surface area contributed by atoms with Gasteiger partial charge in [-0.2, -0.15) is 0 Å². The number of aromatic carboxylic acids is 1. The third kappa shape index (κ3) is 4.18. The van der Waals surface area contributed by atoms with Crippen LogP contribution in [0.1, 0.15) is 36.5 Å². The van der Waals surface area contributed by atoms with E-state index >= 15 is 0 Å². The molecule has 6 heteroatoms. The summed E-state index contributed by atoms with van der Waals surface area (Å²) in [7, 11) is 0. The number of hydrogen-bond acceptors (Lipinski definition) is 2. The number of anilines is 1. The number of urea groups is 1. The molecular formula is C15H19FN2O3. The third-order valence-electron chi connectivity index (χ3n) is 3.41. The van der Waals surface area contributed by atoms with Crippen LogP contribution < -0.4 is 5.32 Å². The standard InChI is InChI=1S/C15H19FN2O3/c1-2-7-18(9-10-3-4-10)15(21)17-13-6-5-11(16)8-12(13)14(19)20/h5-6,8,10H,2-4,7,9H2,1H3,(H,17,21)(H,19,20). The summed E-state index contributed by atoms with van der Waals surface area (Å²) in [6.07, 6.45) is 3.09. The summed E-state index contributed by atoms with van der Waals surface area (Å²) in [5.74, 6) is -1.36. The zero-order valence-electron chi connectivity index (χ0n) is 11.9. The number of carbonyl (C=O) groups is 2. The zero-order valence-corrected chi connectivity index (χ0v) is 11.9. The van der Waals surface area contributed by atoms with Crippen molar-refractivity contribution in [1.82, 2.24) is 4.90 Å². The molecule has 0 aliphatic heterocycles. The average Bonchev–Trinajstić information content (AvgIpc) is 3.24. The first kappa shape index (κ1) is 15.3. The molecule has 1 fully saturated rings. The molecule has 1 aliphatic rings. The normalized spacial score (nSPS) is 13.8. The second-order valence-electron chi connectivity index (χ2n) is 5.31. The fourth-order valence-electron chi connectivity index (χ4n) is 2.15. The summed E-state index contributed by atoms with van der Waals surface area (Å²) in [4.78, 5) is 25.0. The molecule has 0 radical (unpaired) electrons. The molecule has 5 nitrogen and oxygen atoms in total. The number of amides is 2. The highest BCUT2D eigenvalue weighted by atomic mass is 19.1. The van der Waals surface area contributed by atoms with Gasteiger partial charge < -0.3 is 15.3 Å². The van der Waals surface area contributed by atoms with E-state index in [2.05, 4.69) is 5.32 Å². The minimum atomic E-state index is -1.27. The van der Waals surface area contributed by atoms with E-state index in [0.29, 0.717) is 19.0 Å². The lowest BCUT2D eigenvalue weighted by atomic mass is 10.1. The number of carbonyl (C=O) groups excluding carboxylic acids is 1. The second-order valence-corrected chi connectivity index (χ2v) is 5.31. The molecule has 1 aliphatic carbocycles. The van der Waals surface area contributed by atoms with E-state index in [0.717, 1.165) is 31.4 Å². The van der Waals surface area contributed by atoms with Crippen molar-refractivity contribution < 1.29 is 19.1 Å². The Morgan fingerprint density at radius 2 is 2.14 bits per heavy atom. The van der Waals surface area contributed by atoms with Crippen LogP contribution in [0, 0.1) is 11.7 Å². The molecule has 1 saturated carbocycles. The van der Waals surface area contributed by atoms with Crippen LogP contribution in [0.25, 0.3) is 0 Å². The Labute approximate surface area is 122 Å². The van der Waals surface area contributed by atoms with Gasteiger partial charge in [0, 0.05) is 13.1 Å². The Balaban J connectivity index is 2.11. The number of nitrogens with one attached hydrogen (secondary N) is 1. The maximum absolute atomic E-state index is 13.1. The maximum Gasteiger partial charge on any atom is 0.337 e. The molecule has 0 unspecified atom stereocenters. The van der Waals surface area contributed by atoms with Gasteiger partial charge in [-0.1, -0.05) is 6.92 Å². The lowest BCUT2D eigenvalue weighted by Crippen LogP contribution is -2.37. The largest absolute Gasteiger partial charge is 0.478 e. The van der Waals surface area contributed by atoms with Crippen molar-refractivity contribution in [2.24, 2.45) is 5.92 Å². The van der Waals surface area contributed by atoms with Crippen LogP contribution in [0.4, 0.5) is 14.9 Å². The van der Waals surface area contributed by atoms with Crippen molar-refractivity contribution in [3.8, 4) is 0 Å². The smallest absolute Gasteiger partial charge is 0.337 e. The van der Waals surface area contributed by atoms with Crippen LogP contribution in [0.2, 0.25) is 0 Å². The first-order chi connectivity index (χ1) is 10.0. The second kappa shape index (κ2) is 6.56. The Kier molecular flexibility index (Phi) is 4.77. The van der Waals surface area contributed by atoms with E-state index in [1.807, 2.05) is 6.92 Å². The molecule has 2 rings (SSSR count). The van der Waals surface area contributed by atoms with E-state index in [1.165, 1.54) is 6.07 Å².